The van der Waals surface area contributed by atoms with Crippen LogP contribution in [0.25, 0.3) is 0 Å². The lowest BCUT2D eigenvalue weighted by Gasteiger charge is -2.42. The van der Waals surface area contributed by atoms with E-state index in [1.807, 2.05) is 0 Å². The molecule has 1 unspecified atom stereocenters. The SMILES string of the molecule is CC1=CC(C)(c2ccccc2C=O)C(C(=O)O)=C(C(=O)O)N1N(C)C. The van der Waals surface area contributed by atoms with Crippen LogP contribution in [0.1, 0.15) is 29.8 Å². The lowest BCUT2D eigenvalue weighted by molar-refractivity contribution is -0.139. The number of carboxylic acids is 2. The minimum Gasteiger partial charge on any atom is -0.478 e. The topological polar surface area (TPSA) is 98.1 Å². The maximum Gasteiger partial charge on any atom is 0.354 e. The normalized spacial score (nSPS) is 20.5. The lowest BCUT2D eigenvalue weighted by atomic mass is 9.71. The van der Waals surface area contributed by atoms with Gasteiger partial charge in [0.25, 0.3) is 0 Å². The van der Waals surface area contributed by atoms with E-state index in [0.717, 1.165) is 0 Å². The zero-order chi connectivity index (χ0) is 18.9. The highest BCUT2D eigenvalue weighted by atomic mass is 16.4. The average Bonchev–Trinajstić information content (AvgIpc) is 2.52. The van der Waals surface area contributed by atoms with Crippen molar-refractivity contribution in [2.24, 2.45) is 0 Å². The smallest absolute Gasteiger partial charge is 0.354 e. The fraction of sp³-hybridized carbons (Fsp3) is 0.278. The van der Waals surface area contributed by atoms with Crippen LogP contribution >= 0.6 is 0 Å². The van der Waals surface area contributed by atoms with E-state index >= 15 is 0 Å². The van der Waals surface area contributed by atoms with Crippen LogP contribution in [0.5, 0.6) is 0 Å². The van der Waals surface area contributed by atoms with Gasteiger partial charge in [-0.3, -0.25) is 9.80 Å². The molecule has 1 aliphatic rings. The van der Waals surface area contributed by atoms with Crippen molar-refractivity contribution in [1.82, 2.24) is 10.0 Å². The van der Waals surface area contributed by atoms with Crippen LogP contribution in [0.2, 0.25) is 0 Å². The molecule has 0 fully saturated rings. The minimum absolute atomic E-state index is 0.298. The van der Waals surface area contributed by atoms with Crippen molar-refractivity contribution >= 4 is 18.2 Å². The first-order valence-corrected chi connectivity index (χ1v) is 7.58. The van der Waals surface area contributed by atoms with Gasteiger partial charge < -0.3 is 10.2 Å². The maximum atomic E-state index is 12.0. The third-order valence-electron chi connectivity index (χ3n) is 4.26. The molecule has 132 valence electrons. The van der Waals surface area contributed by atoms with Crippen molar-refractivity contribution < 1.29 is 24.6 Å². The zero-order valence-electron chi connectivity index (χ0n) is 14.5. The molecule has 0 aliphatic carbocycles. The fourth-order valence-corrected chi connectivity index (χ4v) is 3.40. The number of carboxylic acid groups (broad SMARTS) is 2. The molecule has 1 aromatic carbocycles. The number of aliphatic carboxylic acids is 2. The van der Waals surface area contributed by atoms with Crippen molar-refractivity contribution in [2.75, 3.05) is 14.1 Å². The van der Waals surface area contributed by atoms with E-state index in [1.54, 1.807) is 58.3 Å². The summed E-state index contributed by atoms with van der Waals surface area (Å²) in [6.45, 7) is 3.31. The first kappa shape index (κ1) is 18.4. The molecule has 0 radical (unpaired) electrons. The van der Waals surface area contributed by atoms with Crippen LogP contribution in [0, 0.1) is 0 Å². The van der Waals surface area contributed by atoms with Gasteiger partial charge in [-0.05, 0) is 25.5 Å². The lowest BCUT2D eigenvalue weighted by Crippen LogP contribution is -2.46. The molecule has 1 aromatic rings. The van der Waals surface area contributed by atoms with Crippen LogP contribution in [0.3, 0.4) is 0 Å². The number of carbonyl (C=O) groups excluding carboxylic acids is 1. The Morgan fingerprint density at radius 2 is 1.76 bits per heavy atom. The first-order valence-electron chi connectivity index (χ1n) is 7.58. The highest BCUT2D eigenvalue weighted by molar-refractivity contribution is 6.02. The van der Waals surface area contributed by atoms with E-state index in [4.69, 9.17) is 0 Å². The van der Waals surface area contributed by atoms with Gasteiger partial charge in [-0.25, -0.2) is 14.6 Å². The summed E-state index contributed by atoms with van der Waals surface area (Å²) in [7, 11) is 3.25. The Balaban J connectivity index is 2.91. The predicted molar refractivity (Wildman–Crippen MR) is 90.8 cm³/mol. The average molecular weight is 344 g/mol. The summed E-state index contributed by atoms with van der Waals surface area (Å²) >= 11 is 0. The Bertz CT molecular complexity index is 809. The van der Waals surface area contributed by atoms with Crippen molar-refractivity contribution in [3.8, 4) is 0 Å². The molecule has 0 bridgehead atoms. The van der Waals surface area contributed by atoms with Crippen LogP contribution in [0.4, 0.5) is 0 Å². The van der Waals surface area contributed by atoms with E-state index in [9.17, 15) is 24.6 Å². The van der Waals surface area contributed by atoms with Gasteiger partial charge in [0.2, 0.25) is 0 Å². The molecule has 2 N–H and O–H groups in total. The van der Waals surface area contributed by atoms with Crippen molar-refractivity contribution in [1.29, 1.82) is 0 Å². The summed E-state index contributed by atoms with van der Waals surface area (Å²) < 4.78 is 0. The highest BCUT2D eigenvalue weighted by Gasteiger charge is 2.45. The van der Waals surface area contributed by atoms with Crippen molar-refractivity contribution in [3.63, 3.8) is 0 Å². The van der Waals surface area contributed by atoms with Crippen LogP contribution in [-0.2, 0) is 15.0 Å². The Morgan fingerprint density at radius 3 is 2.24 bits per heavy atom. The zero-order valence-corrected chi connectivity index (χ0v) is 14.5. The number of nitrogens with zero attached hydrogens (tertiary/aromatic N) is 2. The van der Waals surface area contributed by atoms with Crippen molar-refractivity contribution in [2.45, 2.75) is 19.3 Å². The summed E-state index contributed by atoms with van der Waals surface area (Å²) in [5.74, 6) is -2.70. The number of allylic oxidation sites excluding steroid dienone is 2. The summed E-state index contributed by atoms with van der Waals surface area (Å²) in [6, 6.07) is 6.58. The number of carbonyl (C=O) groups is 3. The Hall–Kier alpha value is -2.93. The molecule has 0 amide bonds. The summed E-state index contributed by atoms with van der Waals surface area (Å²) in [6.07, 6.45) is 2.31. The van der Waals surface area contributed by atoms with Crippen molar-refractivity contribution in [3.05, 3.63) is 58.4 Å². The molecule has 0 saturated carbocycles. The summed E-state index contributed by atoms with van der Waals surface area (Å²) in [4.78, 5) is 35.4. The number of hydrogen-bond acceptors (Lipinski definition) is 5. The van der Waals surface area contributed by atoms with Gasteiger partial charge in [0, 0.05) is 30.8 Å². The van der Waals surface area contributed by atoms with Crippen LogP contribution < -0.4 is 0 Å². The van der Waals surface area contributed by atoms with E-state index in [2.05, 4.69) is 0 Å². The number of hydrogen-bond donors (Lipinski definition) is 2. The number of hydrazine groups is 1. The highest BCUT2D eigenvalue weighted by Crippen LogP contribution is 2.43. The number of aldehydes is 1. The molecule has 0 spiro atoms. The van der Waals surface area contributed by atoms with Gasteiger partial charge in [0.15, 0.2) is 5.70 Å². The minimum atomic E-state index is -1.35. The molecule has 7 heteroatoms. The second kappa shape index (κ2) is 6.52. The number of benzene rings is 1. The second-order valence-electron chi connectivity index (χ2n) is 6.19. The Labute approximate surface area is 145 Å². The third-order valence-corrected chi connectivity index (χ3v) is 4.26. The molecule has 0 aromatic heterocycles. The molecule has 1 heterocycles. The quantitative estimate of drug-likeness (QED) is 0.787. The van der Waals surface area contributed by atoms with Gasteiger partial charge in [-0.2, -0.15) is 0 Å². The predicted octanol–water partition coefficient (Wildman–Crippen LogP) is 1.88. The van der Waals surface area contributed by atoms with Crippen LogP contribution in [0.15, 0.2) is 47.3 Å². The monoisotopic (exact) mass is 344 g/mol. The first-order chi connectivity index (χ1) is 11.6. The maximum absolute atomic E-state index is 12.0. The molecule has 1 aliphatic heterocycles. The fourth-order valence-electron chi connectivity index (χ4n) is 3.40. The van der Waals surface area contributed by atoms with E-state index in [0.29, 0.717) is 23.1 Å². The van der Waals surface area contributed by atoms with Gasteiger partial charge in [-0.1, -0.05) is 24.3 Å². The molecule has 7 nitrogen and oxygen atoms in total. The van der Waals surface area contributed by atoms with Gasteiger partial charge in [0.1, 0.15) is 6.29 Å². The number of rotatable bonds is 5. The summed E-state index contributed by atoms with van der Waals surface area (Å²) in [5.41, 5.74) is -0.604. The molecular weight excluding hydrogens is 324 g/mol. The van der Waals surface area contributed by atoms with E-state index in [1.165, 1.54) is 10.0 Å². The van der Waals surface area contributed by atoms with Gasteiger partial charge in [0.05, 0.1) is 5.57 Å². The standard InChI is InChI=1S/C18H20N2O5/c1-11-9-18(2,13-8-6-5-7-12(13)10-21)14(16(22)23)15(17(24)25)20(11)19(3)4/h5-10H,1-4H3,(H,22,23)(H,24,25). The van der Waals surface area contributed by atoms with E-state index in [-0.39, 0.29) is 11.3 Å². The molecule has 1 atom stereocenters. The van der Waals surface area contributed by atoms with Gasteiger partial charge in [-0.15, -0.1) is 0 Å². The molecule has 2 rings (SSSR count). The Kier molecular flexibility index (Phi) is 4.80. The largest absolute Gasteiger partial charge is 0.478 e. The van der Waals surface area contributed by atoms with E-state index < -0.39 is 17.4 Å². The third kappa shape index (κ3) is 2.94. The second-order valence-corrected chi connectivity index (χ2v) is 6.19. The summed E-state index contributed by atoms with van der Waals surface area (Å²) in [5, 5.41) is 22.4. The Morgan fingerprint density at radius 1 is 1.16 bits per heavy atom. The van der Waals surface area contributed by atoms with Gasteiger partial charge >= 0.3 is 11.9 Å². The van der Waals surface area contributed by atoms with Crippen LogP contribution in [-0.4, -0.2) is 52.6 Å². The molecule has 25 heavy (non-hydrogen) atoms. The molecular formula is C18H20N2O5. The molecule has 0 saturated heterocycles.